The molecule has 0 aromatic heterocycles. The first-order valence-corrected chi connectivity index (χ1v) is 12.6. The van der Waals surface area contributed by atoms with E-state index in [0.29, 0.717) is 6.07 Å². The van der Waals surface area contributed by atoms with Crippen molar-refractivity contribution >= 4 is 15.5 Å². The van der Waals surface area contributed by atoms with Gasteiger partial charge in [0.2, 0.25) is 0 Å². The molecular weight excluding hydrogens is 558 g/mol. The van der Waals surface area contributed by atoms with Crippen molar-refractivity contribution in [3.8, 4) is 0 Å². The average Bonchev–Trinajstić information content (AvgIpc) is 3.16. The zero-order chi connectivity index (χ0) is 28.5. The standard InChI is InChI=1S/C23H20F10N2O2S/c24-20(25,26)12-35-9-8-19(38(36,37)14-4-2-1-3-5-14)15-11-17(34)16(10-13(15)6-7-18(19)35)21(27,22(28,29)30)23(31,32)33/h1-5,10-11,18H,6-9,12,34H2/t18-,19-/m1/s1. The number of benzene rings is 2. The molecule has 1 fully saturated rings. The third-order valence-corrected chi connectivity index (χ3v) is 9.78. The van der Waals surface area contributed by atoms with E-state index in [1.165, 1.54) is 30.3 Å². The molecule has 2 aromatic rings. The average molecular weight is 578 g/mol. The van der Waals surface area contributed by atoms with E-state index in [4.69, 9.17) is 5.73 Å². The van der Waals surface area contributed by atoms with E-state index in [2.05, 4.69) is 0 Å². The Balaban J connectivity index is 1.99. The summed E-state index contributed by atoms with van der Waals surface area (Å²) in [6.45, 7) is -1.86. The van der Waals surface area contributed by atoms with Gasteiger partial charge in [0.05, 0.1) is 11.4 Å². The molecule has 0 unspecified atom stereocenters. The number of anilines is 1. The summed E-state index contributed by atoms with van der Waals surface area (Å²) < 4.78 is 161. The largest absolute Gasteiger partial charge is 0.436 e. The smallest absolute Gasteiger partial charge is 0.398 e. The molecule has 2 atom stereocenters. The Morgan fingerprint density at radius 1 is 0.921 bits per heavy atom. The second-order valence-electron chi connectivity index (χ2n) is 9.35. The monoisotopic (exact) mass is 578 g/mol. The SMILES string of the molecule is Nc1cc2c(cc1C(F)(C(F)(F)F)C(F)(F)F)CC[C@H]1N(CC(F)(F)F)CC[C@@]21S(=O)(=O)c1ccccc1. The summed E-state index contributed by atoms with van der Waals surface area (Å²) in [5, 5.41) is 0. The Morgan fingerprint density at radius 3 is 2.03 bits per heavy atom. The molecular formula is C23H20F10N2O2S. The van der Waals surface area contributed by atoms with Crippen LogP contribution in [0.3, 0.4) is 0 Å². The van der Waals surface area contributed by atoms with Gasteiger partial charge in [-0.05, 0) is 54.7 Å². The summed E-state index contributed by atoms with van der Waals surface area (Å²) in [7, 11) is -4.59. The van der Waals surface area contributed by atoms with Crippen molar-refractivity contribution in [2.75, 3.05) is 18.8 Å². The molecule has 1 aliphatic carbocycles. The number of sulfone groups is 1. The first-order chi connectivity index (χ1) is 17.3. The van der Waals surface area contributed by atoms with E-state index < -0.39 is 75.5 Å². The molecule has 0 saturated carbocycles. The van der Waals surface area contributed by atoms with Crippen LogP contribution in [0.2, 0.25) is 0 Å². The van der Waals surface area contributed by atoms with Crippen molar-refractivity contribution in [3.05, 3.63) is 59.2 Å². The van der Waals surface area contributed by atoms with Gasteiger partial charge in [-0.15, -0.1) is 0 Å². The quantitative estimate of drug-likeness (QED) is 0.368. The third-order valence-electron chi connectivity index (χ3n) is 7.24. The summed E-state index contributed by atoms with van der Waals surface area (Å²) in [4.78, 5) is 0.582. The normalized spacial score (nSPS) is 23.3. The first-order valence-electron chi connectivity index (χ1n) is 11.1. The summed E-state index contributed by atoms with van der Waals surface area (Å²) in [6.07, 6.45) is -18.8. The zero-order valence-corrected chi connectivity index (χ0v) is 20.0. The molecule has 1 heterocycles. The van der Waals surface area contributed by atoms with E-state index in [9.17, 15) is 52.3 Å². The topological polar surface area (TPSA) is 63.4 Å². The number of hydrogen-bond donors (Lipinski definition) is 1. The lowest BCUT2D eigenvalue weighted by atomic mass is 9.76. The van der Waals surface area contributed by atoms with Crippen molar-refractivity contribution in [3.63, 3.8) is 0 Å². The maximum Gasteiger partial charge on any atom is 0.436 e. The van der Waals surface area contributed by atoms with Gasteiger partial charge in [0, 0.05) is 23.8 Å². The lowest BCUT2D eigenvalue weighted by Crippen LogP contribution is -2.53. The van der Waals surface area contributed by atoms with Crippen LogP contribution in [0.1, 0.15) is 29.5 Å². The molecule has 2 aliphatic rings. The molecule has 1 saturated heterocycles. The van der Waals surface area contributed by atoms with Gasteiger partial charge >= 0.3 is 24.2 Å². The van der Waals surface area contributed by atoms with Crippen LogP contribution in [0.5, 0.6) is 0 Å². The highest BCUT2D eigenvalue weighted by atomic mass is 32.2. The summed E-state index contributed by atoms with van der Waals surface area (Å²) in [5.41, 5.74) is -4.28. The summed E-state index contributed by atoms with van der Waals surface area (Å²) in [6, 6.07) is 6.01. The third kappa shape index (κ3) is 4.12. The molecule has 15 heteroatoms. The van der Waals surface area contributed by atoms with Gasteiger partial charge in [-0.25, -0.2) is 12.8 Å². The van der Waals surface area contributed by atoms with Crippen LogP contribution in [-0.4, -0.2) is 51.0 Å². The van der Waals surface area contributed by atoms with E-state index in [0.717, 1.165) is 4.90 Å². The first kappa shape index (κ1) is 28.5. The van der Waals surface area contributed by atoms with E-state index in [-0.39, 0.29) is 35.1 Å². The van der Waals surface area contributed by atoms with Crippen LogP contribution >= 0.6 is 0 Å². The predicted molar refractivity (Wildman–Crippen MR) is 115 cm³/mol. The Hall–Kier alpha value is -2.55. The minimum atomic E-state index is -6.46. The summed E-state index contributed by atoms with van der Waals surface area (Å²) >= 11 is 0. The molecule has 210 valence electrons. The lowest BCUT2D eigenvalue weighted by molar-refractivity contribution is -0.348. The Kier molecular flexibility index (Phi) is 6.54. The number of fused-ring (bicyclic) bond motifs is 3. The van der Waals surface area contributed by atoms with Crippen LogP contribution in [0.4, 0.5) is 49.6 Å². The highest BCUT2D eigenvalue weighted by Crippen LogP contribution is 2.58. The fraction of sp³-hybridized carbons (Fsp3) is 0.478. The molecule has 0 bridgehead atoms. The maximum absolute atomic E-state index is 14.9. The minimum Gasteiger partial charge on any atom is -0.398 e. The van der Waals surface area contributed by atoms with Crippen molar-refractivity contribution in [1.82, 2.24) is 4.90 Å². The molecule has 0 spiro atoms. The number of halogens is 10. The van der Waals surface area contributed by atoms with Crippen LogP contribution < -0.4 is 5.73 Å². The molecule has 2 aromatic carbocycles. The lowest BCUT2D eigenvalue weighted by Gasteiger charge is -2.43. The minimum absolute atomic E-state index is 0.247. The van der Waals surface area contributed by atoms with Crippen LogP contribution in [0, 0.1) is 0 Å². The number of rotatable bonds is 4. The predicted octanol–water partition coefficient (Wildman–Crippen LogP) is 5.81. The number of aryl methyl sites for hydroxylation is 1. The molecule has 0 amide bonds. The fourth-order valence-corrected chi connectivity index (χ4v) is 8.06. The molecule has 1 aliphatic heterocycles. The molecule has 0 radical (unpaired) electrons. The molecule has 4 rings (SSSR count). The number of alkyl halides is 10. The Labute approximate surface area is 210 Å². The van der Waals surface area contributed by atoms with Crippen molar-refractivity contribution in [2.24, 2.45) is 0 Å². The number of nitrogens with zero attached hydrogens (tertiary/aromatic N) is 1. The van der Waals surface area contributed by atoms with Crippen LogP contribution in [0.15, 0.2) is 47.4 Å². The molecule has 2 N–H and O–H groups in total. The van der Waals surface area contributed by atoms with Gasteiger partial charge in [0.15, 0.2) is 9.84 Å². The van der Waals surface area contributed by atoms with Gasteiger partial charge in [0.1, 0.15) is 4.75 Å². The second-order valence-corrected chi connectivity index (χ2v) is 11.6. The highest BCUT2D eigenvalue weighted by molar-refractivity contribution is 7.92. The Morgan fingerprint density at radius 2 is 1.50 bits per heavy atom. The number of nitrogens with two attached hydrogens (primary N) is 1. The summed E-state index contributed by atoms with van der Waals surface area (Å²) in [5.74, 6) is 0. The Bertz CT molecular complexity index is 1310. The highest BCUT2D eigenvalue weighted by Gasteiger charge is 2.74. The van der Waals surface area contributed by atoms with Crippen molar-refractivity contribution in [1.29, 1.82) is 0 Å². The number of hydrogen-bond acceptors (Lipinski definition) is 4. The number of likely N-dealkylation sites (tertiary alicyclic amines) is 1. The van der Waals surface area contributed by atoms with Gasteiger partial charge in [0.25, 0.3) is 0 Å². The second kappa shape index (κ2) is 8.73. The van der Waals surface area contributed by atoms with E-state index >= 15 is 0 Å². The fourth-order valence-electron chi connectivity index (χ4n) is 5.66. The van der Waals surface area contributed by atoms with Gasteiger partial charge < -0.3 is 5.73 Å². The molecule has 38 heavy (non-hydrogen) atoms. The van der Waals surface area contributed by atoms with Gasteiger partial charge in [-0.1, -0.05) is 18.2 Å². The zero-order valence-electron chi connectivity index (χ0n) is 19.2. The van der Waals surface area contributed by atoms with E-state index in [1.54, 1.807) is 0 Å². The van der Waals surface area contributed by atoms with Gasteiger partial charge in [-0.3, -0.25) is 4.90 Å². The van der Waals surface area contributed by atoms with Crippen LogP contribution in [0.25, 0.3) is 0 Å². The van der Waals surface area contributed by atoms with Crippen molar-refractivity contribution in [2.45, 2.75) is 59.1 Å². The molecule has 4 nitrogen and oxygen atoms in total. The van der Waals surface area contributed by atoms with Crippen molar-refractivity contribution < 1.29 is 52.3 Å². The number of nitrogen functional groups attached to an aromatic ring is 1. The van der Waals surface area contributed by atoms with E-state index in [1.807, 2.05) is 0 Å². The van der Waals surface area contributed by atoms with Crippen LogP contribution in [-0.2, 0) is 26.7 Å². The van der Waals surface area contributed by atoms with Gasteiger partial charge in [-0.2, -0.15) is 39.5 Å². The maximum atomic E-state index is 14.9.